The number of aliphatic carboxylic acids is 1. The van der Waals surface area contributed by atoms with E-state index < -0.39 is 23.8 Å². The summed E-state index contributed by atoms with van der Waals surface area (Å²) in [6.07, 6.45) is -0.956. The van der Waals surface area contributed by atoms with Crippen LogP contribution in [0.5, 0.6) is 5.75 Å². The Hall–Kier alpha value is -1.62. The molecule has 1 rings (SSSR count). The van der Waals surface area contributed by atoms with Crippen molar-refractivity contribution in [2.24, 2.45) is 5.92 Å². The molecule has 0 bridgehead atoms. The van der Waals surface area contributed by atoms with Crippen LogP contribution in [0, 0.1) is 11.7 Å². The van der Waals surface area contributed by atoms with Crippen molar-refractivity contribution < 1.29 is 24.1 Å². The monoisotopic (exact) mass is 242 g/mol. The van der Waals surface area contributed by atoms with E-state index in [9.17, 15) is 14.3 Å². The number of carbonyl (C=O) groups is 1. The Bertz CT molecular complexity index is 405. The Morgan fingerprint density at radius 2 is 2.18 bits per heavy atom. The van der Waals surface area contributed by atoms with Crippen molar-refractivity contribution in [1.82, 2.24) is 0 Å². The van der Waals surface area contributed by atoms with Crippen LogP contribution in [0.1, 0.15) is 25.0 Å². The first-order chi connectivity index (χ1) is 7.95. The topological polar surface area (TPSA) is 66.8 Å². The lowest BCUT2D eigenvalue weighted by Gasteiger charge is -2.14. The minimum atomic E-state index is -0.999. The molecule has 0 fully saturated rings. The first-order valence-corrected chi connectivity index (χ1v) is 5.20. The van der Waals surface area contributed by atoms with E-state index in [1.54, 1.807) is 0 Å². The molecule has 0 saturated carbocycles. The summed E-state index contributed by atoms with van der Waals surface area (Å²) in [7, 11) is 1.35. The van der Waals surface area contributed by atoms with Crippen LogP contribution in [-0.4, -0.2) is 23.3 Å². The Kier molecular flexibility index (Phi) is 4.45. The molecule has 0 saturated heterocycles. The van der Waals surface area contributed by atoms with Gasteiger partial charge in [0.2, 0.25) is 0 Å². The van der Waals surface area contributed by atoms with Gasteiger partial charge in [0.25, 0.3) is 0 Å². The van der Waals surface area contributed by atoms with Gasteiger partial charge in [-0.25, -0.2) is 4.39 Å². The summed E-state index contributed by atoms with van der Waals surface area (Å²) in [4.78, 5) is 10.6. The summed E-state index contributed by atoms with van der Waals surface area (Å²) in [5.41, 5.74) is 0.344. The largest absolute Gasteiger partial charge is 0.494 e. The molecule has 17 heavy (non-hydrogen) atoms. The van der Waals surface area contributed by atoms with Crippen molar-refractivity contribution in [3.63, 3.8) is 0 Å². The third-order valence-electron chi connectivity index (χ3n) is 2.56. The standard InChI is InChI=1S/C12H15FO4/c1-7(12(15)16)5-10(14)8-3-4-11(17-2)9(13)6-8/h3-4,6-7,10,14H,5H2,1-2H3,(H,15,16). The molecule has 2 unspecified atom stereocenters. The van der Waals surface area contributed by atoms with Gasteiger partial charge in [0.15, 0.2) is 11.6 Å². The van der Waals surface area contributed by atoms with E-state index in [1.165, 1.54) is 26.2 Å². The number of hydrogen-bond donors (Lipinski definition) is 2. The number of carboxylic acid groups (broad SMARTS) is 1. The van der Waals surface area contributed by atoms with Gasteiger partial charge >= 0.3 is 5.97 Å². The van der Waals surface area contributed by atoms with Crippen molar-refractivity contribution in [2.75, 3.05) is 7.11 Å². The first kappa shape index (κ1) is 13.4. The second-order valence-corrected chi connectivity index (χ2v) is 3.88. The highest BCUT2D eigenvalue weighted by molar-refractivity contribution is 5.69. The van der Waals surface area contributed by atoms with Gasteiger partial charge in [0, 0.05) is 0 Å². The molecule has 1 aromatic rings. The van der Waals surface area contributed by atoms with Crippen LogP contribution < -0.4 is 4.74 Å². The zero-order valence-electron chi connectivity index (χ0n) is 9.68. The van der Waals surface area contributed by atoms with Crippen molar-refractivity contribution in [2.45, 2.75) is 19.4 Å². The van der Waals surface area contributed by atoms with E-state index in [-0.39, 0.29) is 12.2 Å². The third kappa shape index (κ3) is 3.42. The number of methoxy groups -OCH3 is 1. The Labute approximate surface area is 98.7 Å². The van der Waals surface area contributed by atoms with Crippen molar-refractivity contribution >= 4 is 5.97 Å². The van der Waals surface area contributed by atoms with Crippen LogP contribution in [0.25, 0.3) is 0 Å². The number of aliphatic hydroxyl groups excluding tert-OH is 1. The molecule has 0 aliphatic heterocycles. The second-order valence-electron chi connectivity index (χ2n) is 3.88. The highest BCUT2D eigenvalue weighted by Gasteiger charge is 2.18. The molecule has 0 radical (unpaired) electrons. The second kappa shape index (κ2) is 5.63. The summed E-state index contributed by atoms with van der Waals surface area (Å²) < 4.78 is 18.1. The molecule has 2 atom stereocenters. The van der Waals surface area contributed by atoms with Crippen molar-refractivity contribution in [1.29, 1.82) is 0 Å². The summed E-state index contributed by atoms with van der Waals surface area (Å²) in [6.45, 7) is 1.49. The van der Waals surface area contributed by atoms with Gasteiger partial charge in [0.05, 0.1) is 19.1 Å². The van der Waals surface area contributed by atoms with E-state index in [1.807, 2.05) is 0 Å². The van der Waals surface area contributed by atoms with E-state index in [2.05, 4.69) is 0 Å². The van der Waals surface area contributed by atoms with Crippen LogP contribution in [0.2, 0.25) is 0 Å². The van der Waals surface area contributed by atoms with Gasteiger partial charge in [0.1, 0.15) is 0 Å². The smallest absolute Gasteiger partial charge is 0.306 e. The third-order valence-corrected chi connectivity index (χ3v) is 2.56. The lowest BCUT2D eigenvalue weighted by molar-refractivity contribution is -0.142. The number of carboxylic acids is 1. The van der Waals surface area contributed by atoms with E-state index in [0.29, 0.717) is 5.56 Å². The molecule has 2 N–H and O–H groups in total. The van der Waals surface area contributed by atoms with Crippen LogP contribution in [-0.2, 0) is 4.79 Å². The SMILES string of the molecule is COc1ccc(C(O)CC(C)C(=O)O)cc1F. The van der Waals surface area contributed by atoms with Crippen LogP contribution in [0.4, 0.5) is 4.39 Å². The molecule has 0 aliphatic carbocycles. The molecule has 5 heteroatoms. The van der Waals surface area contributed by atoms with E-state index >= 15 is 0 Å². The number of hydrogen-bond acceptors (Lipinski definition) is 3. The molecule has 94 valence electrons. The predicted molar refractivity (Wildman–Crippen MR) is 59.3 cm³/mol. The van der Waals surface area contributed by atoms with Gasteiger partial charge in [-0.15, -0.1) is 0 Å². The predicted octanol–water partition coefficient (Wildman–Crippen LogP) is 1.98. The quantitative estimate of drug-likeness (QED) is 0.828. The zero-order valence-corrected chi connectivity index (χ0v) is 9.68. The summed E-state index contributed by atoms with van der Waals surface area (Å²) in [5.74, 6) is -2.16. The maximum Gasteiger partial charge on any atom is 0.306 e. The van der Waals surface area contributed by atoms with Gasteiger partial charge in [-0.05, 0) is 24.1 Å². The highest BCUT2D eigenvalue weighted by atomic mass is 19.1. The molecule has 0 amide bonds. The lowest BCUT2D eigenvalue weighted by atomic mass is 9.98. The average Bonchev–Trinajstić information content (AvgIpc) is 2.28. The van der Waals surface area contributed by atoms with Gasteiger partial charge in [-0.2, -0.15) is 0 Å². The summed E-state index contributed by atoms with van der Waals surface area (Å²) in [6, 6.07) is 4.07. The van der Waals surface area contributed by atoms with Crippen LogP contribution in [0.15, 0.2) is 18.2 Å². The van der Waals surface area contributed by atoms with E-state index in [4.69, 9.17) is 9.84 Å². The lowest BCUT2D eigenvalue weighted by Crippen LogP contribution is -2.13. The fourth-order valence-corrected chi connectivity index (χ4v) is 1.46. The van der Waals surface area contributed by atoms with Gasteiger partial charge in [-0.3, -0.25) is 4.79 Å². The highest BCUT2D eigenvalue weighted by Crippen LogP contribution is 2.25. The minimum absolute atomic E-state index is 0.0428. The zero-order chi connectivity index (χ0) is 13.0. The molecule has 0 heterocycles. The maximum atomic E-state index is 13.4. The average molecular weight is 242 g/mol. The molecule has 0 aliphatic rings. The normalized spacial score (nSPS) is 14.1. The Morgan fingerprint density at radius 3 is 2.65 bits per heavy atom. The number of aliphatic hydroxyl groups is 1. The molecule has 0 spiro atoms. The Morgan fingerprint density at radius 1 is 1.53 bits per heavy atom. The first-order valence-electron chi connectivity index (χ1n) is 5.20. The molecule has 4 nitrogen and oxygen atoms in total. The maximum absolute atomic E-state index is 13.4. The van der Waals surface area contributed by atoms with Crippen molar-refractivity contribution in [3.05, 3.63) is 29.6 Å². The van der Waals surface area contributed by atoms with Crippen LogP contribution in [0.3, 0.4) is 0 Å². The van der Waals surface area contributed by atoms with E-state index in [0.717, 1.165) is 6.07 Å². The fourth-order valence-electron chi connectivity index (χ4n) is 1.46. The van der Waals surface area contributed by atoms with Gasteiger partial charge in [-0.1, -0.05) is 13.0 Å². The number of halogens is 1. The van der Waals surface area contributed by atoms with Gasteiger partial charge < -0.3 is 14.9 Å². The number of rotatable bonds is 5. The summed E-state index contributed by atoms with van der Waals surface area (Å²) >= 11 is 0. The molecule has 0 aromatic heterocycles. The summed E-state index contributed by atoms with van der Waals surface area (Å²) in [5, 5.41) is 18.5. The Balaban J connectivity index is 2.79. The number of benzene rings is 1. The number of ether oxygens (including phenoxy) is 1. The van der Waals surface area contributed by atoms with Crippen LogP contribution >= 0.6 is 0 Å². The molecular weight excluding hydrogens is 227 g/mol. The minimum Gasteiger partial charge on any atom is -0.494 e. The fraction of sp³-hybridized carbons (Fsp3) is 0.417. The molecule has 1 aromatic carbocycles. The molecular formula is C12H15FO4. The van der Waals surface area contributed by atoms with Crippen molar-refractivity contribution in [3.8, 4) is 5.75 Å².